The van der Waals surface area contributed by atoms with Crippen LogP contribution in [0.4, 0.5) is 18.9 Å². The second-order valence-corrected chi connectivity index (χ2v) is 6.55. The van der Waals surface area contributed by atoms with Gasteiger partial charge in [-0.05, 0) is 37.0 Å². The molecule has 0 radical (unpaired) electrons. The van der Waals surface area contributed by atoms with Crippen molar-refractivity contribution in [3.8, 4) is 0 Å². The summed E-state index contributed by atoms with van der Waals surface area (Å²) in [5, 5.41) is 6.62. The predicted molar refractivity (Wildman–Crippen MR) is 76.4 cm³/mol. The fourth-order valence-electron chi connectivity index (χ4n) is 3.83. The number of aromatic nitrogens is 2. The number of alkyl halides is 3. The third-order valence-corrected chi connectivity index (χ3v) is 4.74. The largest absolute Gasteiger partial charge is 0.411 e. The first-order valence-corrected chi connectivity index (χ1v) is 7.86. The van der Waals surface area contributed by atoms with Gasteiger partial charge in [-0.2, -0.15) is 18.3 Å². The van der Waals surface area contributed by atoms with E-state index in [0.29, 0.717) is 23.9 Å². The molecule has 2 aliphatic rings. The smallest absolute Gasteiger partial charge is 0.350 e. The van der Waals surface area contributed by atoms with Gasteiger partial charge in [-0.25, -0.2) is 4.68 Å². The minimum absolute atomic E-state index is 0.0571. The molecule has 1 aromatic rings. The Morgan fingerprint density at radius 1 is 1.39 bits per heavy atom. The van der Waals surface area contributed by atoms with Crippen LogP contribution < -0.4 is 5.32 Å². The van der Waals surface area contributed by atoms with Gasteiger partial charge in [0.15, 0.2) is 0 Å². The number of carbonyl (C=O) groups is 1. The van der Waals surface area contributed by atoms with Crippen molar-refractivity contribution in [3.63, 3.8) is 0 Å². The van der Waals surface area contributed by atoms with E-state index in [-0.39, 0.29) is 12.6 Å². The van der Waals surface area contributed by atoms with Crippen molar-refractivity contribution in [2.45, 2.75) is 45.0 Å². The molecular weight excluding hydrogens is 311 g/mol. The molecule has 0 aliphatic heterocycles. The zero-order valence-electron chi connectivity index (χ0n) is 12.7. The molecule has 2 saturated carbocycles. The first-order chi connectivity index (χ1) is 10.9. The highest BCUT2D eigenvalue weighted by molar-refractivity contribution is 5.90. The molecule has 1 heterocycles. The molecule has 5 nitrogen and oxygen atoms in total. The zero-order valence-corrected chi connectivity index (χ0v) is 12.7. The Morgan fingerprint density at radius 3 is 2.87 bits per heavy atom. The Hall–Kier alpha value is -1.57. The van der Waals surface area contributed by atoms with Crippen LogP contribution in [0.1, 0.15) is 32.1 Å². The van der Waals surface area contributed by atoms with E-state index < -0.39 is 12.8 Å². The van der Waals surface area contributed by atoms with Crippen LogP contribution in [0.15, 0.2) is 12.4 Å². The summed E-state index contributed by atoms with van der Waals surface area (Å²) in [6, 6.07) is 0. The highest BCUT2D eigenvalue weighted by atomic mass is 19.4. The van der Waals surface area contributed by atoms with Crippen LogP contribution in [0.5, 0.6) is 0 Å². The maximum absolute atomic E-state index is 12.1. The number of hydrogen-bond acceptors (Lipinski definition) is 3. The first kappa shape index (κ1) is 16.3. The quantitative estimate of drug-likeness (QED) is 0.871. The Labute approximate surface area is 132 Å². The normalized spacial score (nSPS) is 26.7. The fraction of sp³-hybridized carbons (Fsp3) is 0.733. The predicted octanol–water partition coefficient (Wildman–Crippen LogP) is 3.18. The number of carbonyl (C=O) groups excluding carboxylic acids is 1. The van der Waals surface area contributed by atoms with Crippen molar-refractivity contribution in [2.75, 3.05) is 11.9 Å². The van der Waals surface area contributed by atoms with Gasteiger partial charge in [0.2, 0.25) is 5.91 Å². The van der Waals surface area contributed by atoms with Crippen LogP contribution in [0.25, 0.3) is 0 Å². The number of anilines is 1. The van der Waals surface area contributed by atoms with Gasteiger partial charge >= 0.3 is 6.18 Å². The van der Waals surface area contributed by atoms with E-state index >= 15 is 0 Å². The molecule has 3 unspecified atom stereocenters. The molecule has 128 valence electrons. The topological polar surface area (TPSA) is 56.2 Å². The molecule has 23 heavy (non-hydrogen) atoms. The number of amides is 1. The van der Waals surface area contributed by atoms with Gasteiger partial charge in [-0.15, -0.1) is 0 Å². The minimum Gasteiger partial charge on any atom is -0.350 e. The maximum atomic E-state index is 12.1. The summed E-state index contributed by atoms with van der Waals surface area (Å²) in [5.41, 5.74) is 0.480. The van der Waals surface area contributed by atoms with Gasteiger partial charge < -0.3 is 10.1 Å². The summed E-state index contributed by atoms with van der Waals surface area (Å²) in [7, 11) is 0. The number of rotatable bonds is 6. The first-order valence-electron chi connectivity index (χ1n) is 7.86. The fourth-order valence-corrected chi connectivity index (χ4v) is 3.83. The van der Waals surface area contributed by atoms with Gasteiger partial charge in [0, 0.05) is 6.42 Å². The molecule has 3 rings (SSSR count). The number of ether oxygens (including phenoxy) is 1. The van der Waals surface area contributed by atoms with Gasteiger partial charge in [0.05, 0.1) is 18.1 Å². The molecule has 1 N–H and O–H groups in total. The number of nitrogens with one attached hydrogen (secondary N) is 1. The van der Waals surface area contributed by atoms with Crippen LogP contribution in [0.2, 0.25) is 0 Å². The maximum Gasteiger partial charge on any atom is 0.411 e. The Bertz CT molecular complexity index is 558. The molecule has 2 bridgehead atoms. The van der Waals surface area contributed by atoms with E-state index in [4.69, 9.17) is 0 Å². The third-order valence-electron chi connectivity index (χ3n) is 4.74. The molecule has 1 amide bonds. The van der Waals surface area contributed by atoms with Crippen molar-refractivity contribution in [1.82, 2.24) is 9.78 Å². The lowest BCUT2D eigenvalue weighted by atomic mass is 9.86. The SMILES string of the molecule is O=C(CC1CC2CCC1C2)Nc1cnn(COCC(F)(F)F)c1. The van der Waals surface area contributed by atoms with Crippen molar-refractivity contribution in [2.24, 2.45) is 17.8 Å². The third kappa shape index (κ3) is 4.46. The molecule has 3 atom stereocenters. The number of halogens is 3. The molecule has 2 fully saturated rings. The second kappa shape index (κ2) is 6.51. The Kier molecular flexibility index (Phi) is 4.61. The standard InChI is InChI=1S/C15H20F3N3O2/c16-15(17,18)8-23-9-21-7-13(6-19-21)20-14(22)5-12-4-10-1-2-11(12)3-10/h6-7,10-12H,1-5,8-9H2,(H,20,22). The molecule has 0 spiro atoms. The highest BCUT2D eigenvalue weighted by Gasteiger charge is 2.40. The second-order valence-electron chi connectivity index (χ2n) is 6.55. The average molecular weight is 331 g/mol. The zero-order chi connectivity index (χ0) is 16.4. The summed E-state index contributed by atoms with van der Waals surface area (Å²) >= 11 is 0. The molecule has 2 aliphatic carbocycles. The summed E-state index contributed by atoms with van der Waals surface area (Å²) in [6.07, 6.45) is 3.96. The summed E-state index contributed by atoms with van der Waals surface area (Å²) in [4.78, 5) is 12.1. The van der Waals surface area contributed by atoms with E-state index in [1.807, 2.05) is 0 Å². The lowest BCUT2D eigenvalue weighted by molar-refractivity contribution is -0.182. The Balaban J connectivity index is 1.42. The van der Waals surface area contributed by atoms with Gasteiger partial charge in [0.25, 0.3) is 0 Å². The van der Waals surface area contributed by atoms with Gasteiger partial charge in [-0.1, -0.05) is 6.42 Å². The number of fused-ring (bicyclic) bond motifs is 2. The lowest BCUT2D eigenvalue weighted by Crippen LogP contribution is -2.20. The lowest BCUT2D eigenvalue weighted by Gasteiger charge is -2.20. The van der Waals surface area contributed by atoms with E-state index in [1.54, 1.807) is 0 Å². The molecule has 0 saturated heterocycles. The van der Waals surface area contributed by atoms with Crippen molar-refractivity contribution < 1.29 is 22.7 Å². The van der Waals surface area contributed by atoms with Gasteiger partial charge in [0.1, 0.15) is 13.3 Å². The van der Waals surface area contributed by atoms with Crippen LogP contribution in [-0.2, 0) is 16.3 Å². The molecule has 1 aromatic heterocycles. The van der Waals surface area contributed by atoms with Crippen molar-refractivity contribution in [3.05, 3.63) is 12.4 Å². The summed E-state index contributed by atoms with van der Waals surface area (Å²) < 4.78 is 41.7. The average Bonchev–Trinajstić information content (AvgIpc) is 3.14. The van der Waals surface area contributed by atoms with Crippen LogP contribution in [-0.4, -0.2) is 28.5 Å². The van der Waals surface area contributed by atoms with Crippen LogP contribution >= 0.6 is 0 Å². The van der Waals surface area contributed by atoms with Crippen LogP contribution in [0, 0.1) is 17.8 Å². The monoisotopic (exact) mass is 331 g/mol. The summed E-state index contributed by atoms with van der Waals surface area (Å²) in [6.45, 7) is -1.62. The number of nitrogens with zero attached hydrogens (tertiary/aromatic N) is 2. The van der Waals surface area contributed by atoms with Crippen molar-refractivity contribution in [1.29, 1.82) is 0 Å². The van der Waals surface area contributed by atoms with E-state index in [2.05, 4.69) is 15.2 Å². The summed E-state index contributed by atoms with van der Waals surface area (Å²) in [5.74, 6) is 1.90. The van der Waals surface area contributed by atoms with E-state index in [0.717, 1.165) is 12.3 Å². The molecule has 8 heteroatoms. The minimum atomic E-state index is -4.36. The Morgan fingerprint density at radius 2 is 2.22 bits per heavy atom. The number of hydrogen-bond donors (Lipinski definition) is 1. The van der Waals surface area contributed by atoms with E-state index in [9.17, 15) is 18.0 Å². The van der Waals surface area contributed by atoms with E-state index in [1.165, 1.54) is 36.3 Å². The molecule has 0 aromatic carbocycles. The highest BCUT2D eigenvalue weighted by Crippen LogP contribution is 2.49. The molecular formula is C15H20F3N3O2. The van der Waals surface area contributed by atoms with Crippen LogP contribution in [0.3, 0.4) is 0 Å². The van der Waals surface area contributed by atoms with Crippen molar-refractivity contribution >= 4 is 11.6 Å². The van der Waals surface area contributed by atoms with Gasteiger partial charge in [-0.3, -0.25) is 4.79 Å².